The summed E-state index contributed by atoms with van der Waals surface area (Å²) in [5.74, 6) is 0. The summed E-state index contributed by atoms with van der Waals surface area (Å²) in [4.78, 5) is 0. The average Bonchev–Trinajstić information content (AvgIpc) is 2.31. The second-order valence-electron chi connectivity index (χ2n) is 4.09. The smallest absolute Gasteiger partial charge is 0.0822 e. The molecule has 3 heteroatoms. The van der Waals surface area contributed by atoms with Crippen LogP contribution in [0.25, 0.3) is 0 Å². The maximum atomic E-state index is 9.48. The molecule has 0 aromatic rings. The number of hydrogen-bond acceptors (Lipinski definition) is 3. The molecule has 3 nitrogen and oxygen atoms in total. The molecule has 0 amide bonds. The number of β-amino-alcohol motifs (C(OH)–C–C–N with tert-alkyl or cyclic N) is 1. The van der Waals surface area contributed by atoms with Crippen LogP contribution in [0.15, 0.2) is 0 Å². The van der Waals surface area contributed by atoms with Gasteiger partial charge in [0, 0.05) is 25.2 Å². The zero-order chi connectivity index (χ0) is 9.30. The highest BCUT2D eigenvalue weighted by atomic mass is 16.3. The maximum Gasteiger partial charge on any atom is 0.0822 e. The van der Waals surface area contributed by atoms with Crippen LogP contribution in [0.1, 0.15) is 27.7 Å². The predicted octanol–water partition coefficient (Wildman–Crippen LogP) is 0.697. The van der Waals surface area contributed by atoms with Crippen molar-refractivity contribution in [1.29, 1.82) is 0 Å². The highest BCUT2D eigenvalue weighted by molar-refractivity contribution is 4.79. The van der Waals surface area contributed by atoms with E-state index in [2.05, 4.69) is 37.7 Å². The third-order valence-corrected chi connectivity index (χ3v) is 2.32. The Hall–Kier alpha value is -0.120. The van der Waals surface area contributed by atoms with E-state index in [1.54, 1.807) is 0 Å². The van der Waals surface area contributed by atoms with E-state index < -0.39 is 0 Å². The van der Waals surface area contributed by atoms with E-state index in [1.165, 1.54) is 0 Å². The SMILES string of the molecule is CC(C)N1CC(O)CN1C(C)C. The van der Waals surface area contributed by atoms with E-state index in [1.807, 2.05) is 0 Å². The Labute approximate surface area is 74.9 Å². The Morgan fingerprint density at radius 3 is 1.58 bits per heavy atom. The van der Waals surface area contributed by atoms with Crippen LogP contribution in [-0.2, 0) is 0 Å². The molecule has 0 bridgehead atoms. The van der Waals surface area contributed by atoms with Gasteiger partial charge in [-0.25, -0.2) is 10.0 Å². The fourth-order valence-electron chi connectivity index (χ4n) is 1.71. The average molecular weight is 172 g/mol. The van der Waals surface area contributed by atoms with Crippen LogP contribution in [0.4, 0.5) is 0 Å². The van der Waals surface area contributed by atoms with Gasteiger partial charge in [0.05, 0.1) is 6.10 Å². The van der Waals surface area contributed by atoms with Gasteiger partial charge in [0.15, 0.2) is 0 Å². The van der Waals surface area contributed by atoms with Gasteiger partial charge in [-0.3, -0.25) is 0 Å². The van der Waals surface area contributed by atoms with Gasteiger partial charge in [0.1, 0.15) is 0 Å². The first kappa shape index (κ1) is 9.96. The van der Waals surface area contributed by atoms with Crippen molar-refractivity contribution >= 4 is 0 Å². The monoisotopic (exact) mass is 172 g/mol. The first-order chi connectivity index (χ1) is 5.52. The Balaban J connectivity index is 2.59. The van der Waals surface area contributed by atoms with Crippen molar-refractivity contribution in [2.75, 3.05) is 13.1 Å². The lowest BCUT2D eigenvalue weighted by atomic mass is 10.3. The minimum absolute atomic E-state index is 0.171. The number of aliphatic hydroxyl groups excluding tert-OH is 1. The summed E-state index contributed by atoms with van der Waals surface area (Å²) >= 11 is 0. The van der Waals surface area contributed by atoms with Gasteiger partial charge >= 0.3 is 0 Å². The first-order valence-electron chi connectivity index (χ1n) is 4.73. The molecule has 1 aliphatic heterocycles. The molecule has 0 aromatic carbocycles. The zero-order valence-corrected chi connectivity index (χ0v) is 8.49. The maximum absolute atomic E-state index is 9.48. The van der Waals surface area contributed by atoms with E-state index in [4.69, 9.17) is 0 Å². The van der Waals surface area contributed by atoms with Crippen molar-refractivity contribution in [3.8, 4) is 0 Å². The van der Waals surface area contributed by atoms with Gasteiger partial charge in [-0.2, -0.15) is 0 Å². The Morgan fingerprint density at radius 2 is 1.33 bits per heavy atom. The van der Waals surface area contributed by atoms with Crippen LogP contribution in [0.5, 0.6) is 0 Å². The summed E-state index contributed by atoms with van der Waals surface area (Å²) in [5, 5.41) is 14.0. The Kier molecular flexibility index (Phi) is 3.09. The molecule has 0 aliphatic carbocycles. The summed E-state index contributed by atoms with van der Waals surface area (Å²) in [7, 11) is 0. The van der Waals surface area contributed by atoms with Crippen molar-refractivity contribution < 1.29 is 5.11 Å². The van der Waals surface area contributed by atoms with Crippen molar-refractivity contribution in [3.05, 3.63) is 0 Å². The quantitative estimate of drug-likeness (QED) is 0.664. The summed E-state index contributed by atoms with van der Waals surface area (Å²) in [6.07, 6.45) is -0.171. The van der Waals surface area contributed by atoms with Crippen molar-refractivity contribution in [2.24, 2.45) is 0 Å². The topological polar surface area (TPSA) is 26.7 Å². The van der Waals surface area contributed by atoms with Crippen molar-refractivity contribution in [2.45, 2.75) is 45.9 Å². The van der Waals surface area contributed by atoms with Gasteiger partial charge in [-0.1, -0.05) is 0 Å². The standard InChI is InChI=1S/C9H20N2O/c1-7(2)10-5-9(12)6-11(10)8(3)4/h7-9,12H,5-6H2,1-4H3. The first-order valence-corrected chi connectivity index (χ1v) is 4.73. The van der Waals surface area contributed by atoms with Gasteiger partial charge in [0.2, 0.25) is 0 Å². The number of aliphatic hydroxyl groups is 1. The fourth-order valence-corrected chi connectivity index (χ4v) is 1.71. The molecule has 0 saturated carbocycles. The van der Waals surface area contributed by atoms with E-state index in [-0.39, 0.29) is 6.10 Å². The summed E-state index contributed by atoms with van der Waals surface area (Å²) in [6.45, 7) is 10.2. The molecule has 0 spiro atoms. The number of nitrogens with zero attached hydrogens (tertiary/aromatic N) is 2. The van der Waals surface area contributed by atoms with E-state index >= 15 is 0 Å². The van der Waals surface area contributed by atoms with Crippen LogP contribution in [0, 0.1) is 0 Å². The van der Waals surface area contributed by atoms with Gasteiger partial charge in [-0.05, 0) is 27.7 Å². The van der Waals surface area contributed by atoms with E-state index in [9.17, 15) is 5.11 Å². The molecule has 1 N–H and O–H groups in total. The van der Waals surface area contributed by atoms with Crippen molar-refractivity contribution in [1.82, 2.24) is 10.0 Å². The second kappa shape index (κ2) is 3.73. The molecule has 0 radical (unpaired) electrons. The molecule has 1 fully saturated rings. The van der Waals surface area contributed by atoms with Crippen LogP contribution in [-0.4, -0.2) is 46.4 Å². The highest BCUT2D eigenvalue weighted by Crippen LogP contribution is 2.17. The summed E-state index contributed by atoms with van der Waals surface area (Å²) < 4.78 is 0. The minimum atomic E-state index is -0.171. The fraction of sp³-hybridized carbons (Fsp3) is 1.00. The lowest BCUT2D eigenvalue weighted by molar-refractivity contribution is -0.0272. The number of hydrogen-bond donors (Lipinski definition) is 1. The zero-order valence-electron chi connectivity index (χ0n) is 8.49. The predicted molar refractivity (Wildman–Crippen MR) is 49.7 cm³/mol. The molecule has 0 unspecified atom stereocenters. The Morgan fingerprint density at radius 1 is 1.00 bits per heavy atom. The normalized spacial score (nSPS) is 23.2. The molecule has 0 atom stereocenters. The lowest BCUT2D eigenvalue weighted by Crippen LogP contribution is -2.44. The molecule has 1 rings (SSSR count). The number of rotatable bonds is 2. The van der Waals surface area contributed by atoms with Crippen LogP contribution >= 0.6 is 0 Å². The number of hydrazine groups is 1. The molecular formula is C9H20N2O. The molecule has 1 saturated heterocycles. The Bertz CT molecular complexity index is 131. The second-order valence-corrected chi connectivity index (χ2v) is 4.09. The van der Waals surface area contributed by atoms with E-state index in [0.29, 0.717) is 12.1 Å². The summed E-state index contributed by atoms with van der Waals surface area (Å²) in [5.41, 5.74) is 0. The molecule has 12 heavy (non-hydrogen) atoms. The largest absolute Gasteiger partial charge is 0.390 e. The molecule has 1 heterocycles. The minimum Gasteiger partial charge on any atom is -0.390 e. The van der Waals surface area contributed by atoms with Crippen LogP contribution in [0.3, 0.4) is 0 Å². The van der Waals surface area contributed by atoms with Crippen LogP contribution < -0.4 is 0 Å². The molecular weight excluding hydrogens is 152 g/mol. The third-order valence-electron chi connectivity index (χ3n) is 2.32. The van der Waals surface area contributed by atoms with Gasteiger partial charge in [0.25, 0.3) is 0 Å². The third kappa shape index (κ3) is 1.97. The van der Waals surface area contributed by atoms with Gasteiger partial charge < -0.3 is 5.11 Å². The van der Waals surface area contributed by atoms with Crippen LogP contribution in [0.2, 0.25) is 0 Å². The molecule has 0 aromatic heterocycles. The van der Waals surface area contributed by atoms with E-state index in [0.717, 1.165) is 13.1 Å². The van der Waals surface area contributed by atoms with Crippen molar-refractivity contribution in [3.63, 3.8) is 0 Å². The molecule has 72 valence electrons. The molecule has 1 aliphatic rings. The lowest BCUT2D eigenvalue weighted by Gasteiger charge is -2.33. The highest BCUT2D eigenvalue weighted by Gasteiger charge is 2.31. The summed E-state index contributed by atoms with van der Waals surface area (Å²) in [6, 6.07) is 0.981. The van der Waals surface area contributed by atoms with Gasteiger partial charge in [-0.15, -0.1) is 0 Å².